The molecule has 1 heterocycles. The summed E-state index contributed by atoms with van der Waals surface area (Å²) >= 11 is 0. The number of nitrogens with one attached hydrogen (secondary N) is 1. The predicted molar refractivity (Wildman–Crippen MR) is 301 cm³/mol. The lowest BCUT2D eigenvalue weighted by molar-refractivity contribution is -0.305. The van der Waals surface area contributed by atoms with Crippen LogP contribution in [0.15, 0.2) is 60.8 Å². The smallest absolute Gasteiger partial charge is 0.306 e. The second-order valence-electron chi connectivity index (χ2n) is 20.8. The molecule has 0 spiro atoms. The van der Waals surface area contributed by atoms with Gasteiger partial charge in [0.2, 0.25) is 5.91 Å². The summed E-state index contributed by atoms with van der Waals surface area (Å²) in [6.07, 6.45) is 51.3. The van der Waals surface area contributed by atoms with Crippen LogP contribution in [-0.2, 0) is 23.8 Å². The van der Waals surface area contributed by atoms with Gasteiger partial charge in [-0.05, 0) is 44.9 Å². The summed E-state index contributed by atoms with van der Waals surface area (Å²) in [6.45, 7) is 5.62. The van der Waals surface area contributed by atoms with Gasteiger partial charge in [-0.3, -0.25) is 9.59 Å². The van der Waals surface area contributed by atoms with Gasteiger partial charge in [0.1, 0.15) is 24.4 Å². The zero-order valence-corrected chi connectivity index (χ0v) is 46.7. The maximum Gasteiger partial charge on any atom is 0.306 e. The van der Waals surface area contributed by atoms with Crippen molar-refractivity contribution in [2.45, 2.75) is 307 Å². The van der Waals surface area contributed by atoms with E-state index in [1.54, 1.807) is 6.08 Å². The number of unbranched alkanes of at least 4 members (excludes halogenated alkanes) is 31. The quantitative estimate of drug-likeness (QED) is 0.0149. The molecule has 11 heteroatoms. The molecular formula is C62H111NO10. The topological polar surface area (TPSA) is 175 Å². The lowest BCUT2D eigenvalue weighted by Crippen LogP contribution is -2.61. The zero-order valence-electron chi connectivity index (χ0n) is 46.7. The molecule has 6 N–H and O–H groups in total. The standard InChI is InChI=1S/C62H111NO10/c1-4-7-10-13-16-19-22-24-25-26-27-28-29-30-32-34-37-40-43-46-49-55(66)61(70)63-53(54(65)48-45-42-39-36-33-21-18-15-12-9-6-3)52-71-62-60(59(69)58(68)56(51-64)72-62)73-57(67)50-47-44-41-38-35-31-23-20-17-14-11-8-5-2/h8,11,14,17,20,23,31,35,45,48,53-56,58-60,62,64-66,68-69H,4-7,9-10,12-13,15-16,18-19,21-22,24-30,32-34,36-44,46-47,49-52H2,1-3H3,(H,63,70)/b11-8+,17-14+,23-20-,35-31-,48-45+. The van der Waals surface area contributed by atoms with Gasteiger partial charge in [-0.25, -0.2) is 0 Å². The summed E-state index contributed by atoms with van der Waals surface area (Å²) in [7, 11) is 0. The zero-order chi connectivity index (χ0) is 53.3. The minimum absolute atomic E-state index is 0.0771. The molecular weight excluding hydrogens is 919 g/mol. The summed E-state index contributed by atoms with van der Waals surface area (Å²) in [5.74, 6) is -1.23. The molecule has 0 saturated carbocycles. The van der Waals surface area contributed by atoms with E-state index in [-0.39, 0.29) is 19.4 Å². The number of hydrogen-bond acceptors (Lipinski definition) is 10. The normalized spacial score (nSPS) is 19.8. The summed E-state index contributed by atoms with van der Waals surface area (Å²) in [5, 5.41) is 56.8. The van der Waals surface area contributed by atoms with Crippen molar-refractivity contribution in [3.05, 3.63) is 60.8 Å². The Hall–Kier alpha value is -2.64. The van der Waals surface area contributed by atoms with Crippen LogP contribution in [-0.4, -0.2) is 99.6 Å². The molecule has 11 nitrogen and oxygen atoms in total. The van der Waals surface area contributed by atoms with Crippen molar-refractivity contribution >= 4 is 11.9 Å². The fourth-order valence-electron chi connectivity index (χ4n) is 9.25. The molecule has 1 fully saturated rings. The second-order valence-corrected chi connectivity index (χ2v) is 20.8. The van der Waals surface area contributed by atoms with Crippen molar-refractivity contribution in [2.24, 2.45) is 0 Å². The Balaban J connectivity index is 2.67. The largest absolute Gasteiger partial charge is 0.454 e. The number of rotatable bonds is 50. The number of aliphatic hydroxyl groups excluding tert-OH is 5. The Morgan fingerprint density at radius 3 is 1.48 bits per heavy atom. The first-order chi connectivity index (χ1) is 35.7. The molecule has 8 atom stereocenters. The molecule has 0 aromatic rings. The maximum atomic E-state index is 13.4. The van der Waals surface area contributed by atoms with E-state index in [2.05, 4.69) is 38.2 Å². The average Bonchev–Trinajstić information content (AvgIpc) is 3.39. The van der Waals surface area contributed by atoms with Crippen molar-refractivity contribution in [3.8, 4) is 0 Å². The first-order valence-electron chi connectivity index (χ1n) is 30.1. The van der Waals surface area contributed by atoms with Gasteiger partial charge < -0.3 is 45.1 Å². The number of amides is 1. The third kappa shape index (κ3) is 38.5. The summed E-state index contributed by atoms with van der Waals surface area (Å²) in [4.78, 5) is 26.4. The van der Waals surface area contributed by atoms with Crippen LogP contribution >= 0.6 is 0 Å². The van der Waals surface area contributed by atoms with Crippen molar-refractivity contribution < 1.29 is 49.3 Å². The highest BCUT2D eigenvalue weighted by Gasteiger charge is 2.47. The van der Waals surface area contributed by atoms with Crippen molar-refractivity contribution in [3.63, 3.8) is 0 Å². The van der Waals surface area contributed by atoms with E-state index < -0.39 is 67.4 Å². The van der Waals surface area contributed by atoms with E-state index in [1.807, 2.05) is 42.5 Å². The fourth-order valence-corrected chi connectivity index (χ4v) is 9.25. The molecule has 1 saturated heterocycles. The Kier molecular flexibility index (Phi) is 47.0. The summed E-state index contributed by atoms with van der Waals surface area (Å²) in [5.41, 5.74) is 0. The monoisotopic (exact) mass is 1030 g/mol. The van der Waals surface area contributed by atoms with Crippen LogP contribution in [0.3, 0.4) is 0 Å². The highest BCUT2D eigenvalue weighted by molar-refractivity contribution is 5.80. The number of ether oxygens (including phenoxy) is 3. The van der Waals surface area contributed by atoms with Crippen LogP contribution in [0.25, 0.3) is 0 Å². The molecule has 0 aliphatic carbocycles. The van der Waals surface area contributed by atoms with Crippen LogP contribution < -0.4 is 5.32 Å². The van der Waals surface area contributed by atoms with Gasteiger partial charge in [0.25, 0.3) is 0 Å². The molecule has 0 aromatic heterocycles. The van der Waals surface area contributed by atoms with Crippen LogP contribution in [0.4, 0.5) is 0 Å². The Labute approximate surface area is 446 Å². The molecule has 1 aliphatic rings. The molecule has 1 amide bonds. The maximum absolute atomic E-state index is 13.4. The van der Waals surface area contributed by atoms with E-state index in [0.717, 1.165) is 64.2 Å². The minimum Gasteiger partial charge on any atom is -0.454 e. The highest BCUT2D eigenvalue weighted by Crippen LogP contribution is 2.26. The Morgan fingerprint density at radius 2 is 0.986 bits per heavy atom. The fraction of sp³-hybridized carbons (Fsp3) is 0.806. The van der Waals surface area contributed by atoms with E-state index in [9.17, 15) is 35.1 Å². The number of allylic oxidation sites excluding steroid dienone is 9. The van der Waals surface area contributed by atoms with Gasteiger partial charge in [0.15, 0.2) is 12.4 Å². The van der Waals surface area contributed by atoms with Crippen LogP contribution in [0.5, 0.6) is 0 Å². The molecule has 1 aliphatic heterocycles. The molecule has 73 heavy (non-hydrogen) atoms. The van der Waals surface area contributed by atoms with Crippen LogP contribution in [0, 0.1) is 0 Å². The van der Waals surface area contributed by atoms with Gasteiger partial charge in [-0.1, -0.05) is 268 Å². The van der Waals surface area contributed by atoms with E-state index >= 15 is 0 Å². The molecule has 8 unspecified atom stereocenters. The second kappa shape index (κ2) is 50.2. The third-order valence-electron chi connectivity index (χ3n) is 14.0. The number of esters is 1. The molecule has 0 bridgehead atoms. The van der Waals surface area contributed by atoms with Crippen molar-refractivity contribution in [2.75, 3.05) is 13.2 Å². The molecule has 0 radical (unpaired) electrons. The Bertz CT molecular complexity index is 1420. The van der Waals surface area contributed by atoms with E-state index in [4.69, 9.17) is 14.2 Å². The first kappa shape index (κ1) is 68.4. The van der Waals surface area contributed by atoms with Crippen molar-refractivity contribution in [1.82, 2.24) is 5.32 Å². The first-order valence-corrected chi connectivity index (χ1v) is 30.1. The lowest BCUT2D eigenvalue weighted by atomic mass is 9.99. The van der Waals surface area contributed by atoms with Crippen LogP contribution in [0.1, 0.15) is 258 Å². The van der Waals surface area contributed by atoms with Gasteiger partial charge in [0.05, 0.1) is 25.4 Å². The predicted octanol–water partition coefficient (Wildman–Crippen LogP) is 13.8. The molecule has 1 rings (SSSR count). The van der Waals surface area contributed by atoms with Gasteiger partial charge >= 0.3 is 5.97 Å². The number of aliphatic hydroxyl groups is 5. The van der Waals surface area contributed by atoms with E-state index in [0.29, 0.717) is 12.8 Å². The molecule has 424 valence electrons. The lowest BCUT2D eigenvalue weighted by Gasteiger charge is -2.41. The van der Waals surface area contributed by atoms with Gasteiger partial charge in [-0.2, -0.15) is 0 Å². The number of carbonyl (C=O) groups excluding carboxylic acids is 2. The Morgan fingerprint density at radius 1 is 0.548 bits per heavy atom. The van der Waals surface area contributed by atoms with E-state index in [1.165, 1.54) is 148 Å². The van der Waals surface area contributed by atoms with Crippen molar-refractivity contribution in [1.29, 1.82) is 0 Å². The SMILES string of the molecule is CC/C=C/C=C/C=C\C=C/CCCCCC(=O)OC1C(OCC(NC(=O)C(O)CCCCCCCCCCCCCCCCCCCCCC)C(O)/C=C/CCCCCCCCCCC)OC(CO)C(O)C1O. The van der Waals surface area contributed by atoms with Gasteiger partial charge in [0, 0.05) is 6.42 Å². The van der Waals surface area contributed by atoms with Crippen LogP contribution in [0.2, 0.25) is 0 Å². The highest BCUT2D eigenvalue weighted by atomic mass is 16.7. The van der Waals surface area contributed by atoms with Gasteiger partial charge in [-0.15, -0.1) is 0 Å². The number of hydrogen-bond donors (Lipinski definition) is 6. The molecule has 0 aromatic carbocycles. The third-order valence-corrected chi connectivity index (χ3v) is 14.0. The summed E-state index contributed by atoms with van der Waals surface area (Å²) < 4.78 is 17.5. The number of carbonyl (C=O) groups is 2. The summed E-state index contributed by atoms with van der Waals surface area (Å²) in [6, 6.07) is -1.03. The minimum atomic E-state index is -1.63. The average molecular weight is 1030 g/mol.